The van der Waals surface area contributed by atoms with Gasteiger partial charge < -0.3 is 25.2 Å². The van der Waals surface area contributed by atoms with Gasteiger partial charge in [-0.15, -0.1) is 0 Å². The number of carbonyl (C=O) groups excluding carboxylic acids is 2. The average Bonchev–Trinajstić information content (AvgIpc) is 2.64. The zero-order valence-corrected chi connectivity index (χ0v) is 15.2. The highest BCUT2D eigenvalue weighted by Gasteiger charge is 2.36. The highest BCUT2D eigenvalue weighted by molar-refractivity contribution is 6.32. The standard InChI is InChI=1S/C21H14O8/c1-7-14-8(4-12(22)15(7)21(27)28)3-10-17(19(14)25)20(26)16-11(18(10)24)5-9(29-2)6-13(16)23/h3-6,22-23,25H,1-2H3,(H,27,28). The van der Waals surface area contributed by atoms with Gasteiger partial charge in [-0.05, 0) is 36.1 Å². The molecule has 146 valence electrons. The molecule has 8 nitrogen and oxygen atoms in total. The van der Waals surface area contributed by atoms with Crippen molar-refractivity contribution in [3.05, 3.63) is 57.6 Å². The van der Waals surface area contributed by atoms with Gasteiger partial charge in [0, 0.05) is 22.6 Å². The lowest BCUT2D eigenvalue weighted by molar-refractivity contribution is 0.0692. The van der Waals surface area contributed by atoms with Gasteiger partial charge in [0.25, 0.3) is 0 Å². The van der Waals surface area contributed by atoms with E-state index in [0.29, 0.717) is 0 Å². The largest absolute Gasteiger partial charge is 0.507 e. The molecule has 1 aliphatic rings. The van der Waals surface area contributed by atoms with Gasteiger partial charge >= 0.3 is 5.97 Å². The number of hydrogen-bond acceptors (Lipinski definition) is 7. The van der Waals surface area contributed by atoms with Gasteiger partial charge in [-0.1, -0.05) is 0 Å². The molecule has 1 aliphatic carbocycles. The van der Waals surface area contributed by atoms with Crippen LogP contribution in [0.5, 0.6) is 23.0 Å². The number of benzene rings is 3. The first-order chi connectivity index (χ1) is 13.7. The summed E-state index contributed by atoms with van der Waals surface area (Å²) in [6.07, 6.45) is 0. The Bertz CT molecular complexity index is 1290. The summed E-state index contributed by atoms with van der Waals surface area (Å²) in [5.41, 5.74) is -1.19. The third kappa shape index (κ3) is 2.35. The first kappa shape index (κ1) is 18.3. The van der Waals surface area contributed by atoms with Crippen LogP contribution in [0.3, 0.4) is 0 Å². The number of methoxy groups -OCH3 is 1. The Hall–Kier alpha value is -4.07. The summed E-state index contributed by atoms with van der Waals surface area (Å²) in [4.78, 5) is 37.5. The van der Waals surface area contributed by atoms with Crippen LogP contribution in [0.4, 0.5) is 0 Å². The number of aromatic carboxylic acids is 1. The van der Waals surface area contributed by atoms with E-state index >= 15 is 0 Å². The maximum absolute atomic E-state index is 13.1. The van der Waals surface area contributed by atoms with E-state index in [9.17, 15) is 34.8 Å². The Balaban J connectivity index is 2.11. The fourth-order valence-corrected chi connectivity index (χ4v) is 3.82. The molecule has 0 saturated carbocycles. The van der Waals surface area contributed by atoms with Crippen LogP contribution < -0.4 is 4.74 Å². The molecule has 3 aromatic carbocycles. The van der Waals surface area contributed by atoms with Crippen molar-refractivity contribution in [2.24, 2.45) is 0 Å². The van der Waals surface area contributed by atoms with E-state index in [4.69, 9.17) is 4.74 Å². The molecule has 0 bridgehead atoms. The number of ketones is 2. The Kier molecular flexibility index (Phi) is 3.76. The van der Waals surface area contributed by atoms with Crippen LogP contribution in [-0.2, 0) is 0 Å². The molecular formula is C21H14O8. The minimum atomic E-state index is -1.41. The second-order valence-electron chi connectivity index (χ2n) is 6.67. The number of phenols is 3. The lowest BCUT2D eigenvalue weighted by Crippen LogP contribution is -2.21. The number of hydrogen-bond donors (Lipinski definition) is 4. The summed E-state index contributed by atoms with van der Waals surface area (Å²) < 4.78 is 5.03. The number of aromatic hydroxyl groups is 3. The zero-order valence-electron chi connectivity index (χ0n) is 15.2. The molecule has 0 amide bonds. The first-order valence-corrected chi connectivity index (χ1v) is 8.43. The summed E-state index contributed by atoms with van der Waals surface area (Å²) >= 11 is 0. The molecule has 0 fully saturated rings. The summed E-state index contributed by atoms with van der Waals surface area (Å²) in [5, 5.41) is 40.7. The Morgan fingerprint density at radius 2 is 1.55 bits per heavy atom. The van der Waals surface area contributed by atoms with E-state index in [2.05, 4.69) is 0 Å². The van der Waals surface area contributed by atoms with Crippen LogP contribution in [0.2, 0.25) is 0 Å². The number of aryl methyl sites for hydroxylation is 1. The number of rotatable bonds is 2. The molecule has 0 unspecified atom stereocenters. The molecular weight excluding hydrogens is 380 g/mol. The van der Waals surface area contributed by atoms with Crippen molar-refractivity contribution in [2.75, 3.05) is 7.11 Å². The molecule has 0 heterocycles. The third-order valence-electron chi connectivity index (χ3n) is 5.11. The smallest absolute Gasteiger partial charge is 0.339 e. The molecule has 0 aromatic heterocycles. The highest BCUT2D eigenvalue weighted by Crippen LogP contribution is 2.44. The Morgan fingerprint density at radius 3 is 2.17 bits per heavy atom. The minimum Gasteiger partial charge on any atom is -0.507 e. The van der Waals surface area contributed by atoms with Crippen molar-refractivity contribution in [3.8, 4) is 23.0 Å². The van der Waals surface area contributed by atoms with E-state index < -0.39 is 40.3 Å². The van der Waals surface area contributed by atoms with E-state index in [1.165, 1.54) is 32.2 Å². The average molecular weight is 394 g/mol. The maximum atomic E-state index is 13.1. The second-order valence-corrected chi connectivity index (χ2v) is 6.67. The molecule has 0 radical (unpaired) electrons. The van der Waals surface area contributed by atoms with Crippen molar-refractivity contribution in [2.45, 2.75) is 6.92 Å². The first-order valence-electron chi connectivity index (χ1n) is 8.43. The SMILES string of the molecule is COc1cc(O)c2c(c1)C(=O)c1cc3cc(O)c(C(=O)O)c(C)c3c(O)c1C2=O. The second kappa shape index (κ2) is 5.96. The van der Waals surface area contributed by atoms with E-state index in [-0.39, 0.29) is 44.3 Å². The van der Waals surface area contributed by atoms with E-state index in [0.717, 1.165) is 6.07 Å². The van der Waals surface area contributed by atoms with Crippen molar-refractivity contribution < 1.29 is 39.5 Å². The number of carboxylic acid groups (broad SMARTS) is 1. The molecule has 4 N–H and O–H groups in total. The minimum absolute atomic E-state index is 0.0246. The third-order valence-corrected chi connectivity index (χ3v) is 5.11. The van der Waals surface area contributed by atoms with Crippen LogP contribution in [0.25, 0.3) is 10.8 Å². The lowest BCUT2D eigenvalue weighted by atomic mass is 9.80. The monoisotopic (exact) mass is 394 g/mol. The summed E-state index contributed by atoms with van der Waals surface area (Å²) in [7, 11) is 1.34. The Morgan fingerprint density at radius 1 is 0.897 bits per heavy atom. The van der Waals surface area contributed by atoms with Gasteiger partial charge in [0.2, 0.25) is 5.78 Å². The normalized spacial score (nSPS) is 12.6. The number of fused-ring (bicyclic) bond motifs is 3. The van der Waals surface area contributed by atoms with Gasteiger partial charge in [-0.2, -0.15) is 0 Å². The van der Waals surface area contributed by atoms with E-state index in [1.807, 2.05) is 0 Å². The summed E-state index contributed by atoms with van der Waals surface area (Å²) in [5.74, 6) is -4.23. The molecule has 8 heteroatoms. The van der Waals surface area contributed by atoms with Crippen LogP contribution >= 0.6 is 0 Å². The quantitative estimate of drug-likeness (QED) is 0.407. The van der Waals surface area contributed by atoms with Gasteiger partial charge in [0.05, 0.1) is 18.2 Å². The molecule has 3 aromatic rings. The van der Waals surface area contributed by atoms with Crippen molar-refractivity contribution in [1.29, 1.82) is 0 Å². The van der Waals surface area contributed by atoms with Crippen molar-refractivity contribution >= 4 is 28.3 Å². The maximum Gasteiger partial charge on any atom is 0.339 e. The molecule has 4 rings (SSSR count). The molecule has 0 spiro atoms. The van der Waals surface area contributed by atoms with Gasteiger partial charge in [0.1, 0.15) is 28.6 Å². The predicted octanol–water partition coefficient (Wildman–Crippen LogP) is 2.75. The van der Waals surface area contributed by atoms with Crippen molar-refractivity contribution in [1.82, 2.24) is 0 Å². The predicted molar refractivity (Wildman–Crippen MR) is 100 cm³/mol. The van der Waals surface area contributed by atoms with Crippen LogP contribution in [0.15, 0.2) is 24.3 Å². The van der Waals surface area contributed by atoms with Crippen LogP contribution in [-0.4, -0.2) is 45.1 Å². The summed E-state index contributed by atoms with van der Waals surface area (Å²) in [6.45, 7) is 1.38. The van der Waals surface area contributed by atoms with Gasteiger partial charge in [-0.3, -0.25) is 9.59 Å². The molecule has 0 atom stereocenters. The van der Waals surface area contributed by atoms with E-state index in [1.54, 1.807) is 0 Å². The Labute approximate surface area is 163 Å². The molecule has 0 aliphatic heterocycles. The van der Waals surface area contributed by atoms with Gasteiger partial charge in [-0.25, -0.2) is 4.79 Å². The van der Waals surface area contributed by atoms with Gasteiger partial charge in [0.15, 0.2) is 5.78 Å². The molecule has 29 heavy (non-hydrogen) atoms. The summed E-state index contributed by atoms with van der Waals surface area (Å²) in [6, 6.07) is 4.92. The highest BCUT2D eigenvalue weighted by atomic mass is 16.5. The number of ether oxygens (including phenoxy) is 1. The molecule has 0 saturated heterocycles. The zero-order chi connectivity index (χ0) is 21.2. The fourth-order valence-electron chi connectivity index (χ4n) is 3.82. The number of carbonyl (C=O) groups is 3. The van der Waals surface area contributed by atoms with Crippen LogP contribution in [0.1, 0.15) is 47.8 Å². The number of phenolic OH excluding ortho intramolecular Hbond substituents is 2. The topological polar surface area (TPSA) is 141 Å². The number of carboxylic acids is 1. The van der Waals surface area contributed by atoms with Crippen LogP contribution in [0, 0.1) is 6.92 Å². The lowest BCUT2D eigenvalue weighted by Gasteiger charge is -2.22. The fraction of sp³-hybridized carbons (Fsp3) is 0.0952. The van der Waals surface area contributed by atoms with Crippen molar-refractivity contribution in [3.63, 3.8) is 0 Å².